The van der Waals surface area contributed by atoms with Crippen LogP contribution < -0.4 is 20.1 Å². The zero-order valence-corrected chi connectivity index (χ0v) is 16.0. The summed E-state index contributed by atoms with van der Waals surface area (Å²) in [5.74, 6) is 1.33. The van der Waals surface area contributed by atoms with Crippen molar-refractivity contribution in [3.8, 4) is 11.5 Å². The van der Waals surface area contributed by atoms with Gasteiger partial charge in [-0.3, -0.25) is 4.79 Å². The molecule has 7 nitrogen and oxygen atoms in total. The van der Waals surface area contributed by atoms with E-state index < -0.39 is 0 Å². The maximum atomic E-state index is 12.5. The van der Waals surface area contributed by atoms with Crippen molar-refractivity contribution in [3.63, 3.8) is 0 Å². The van der Waals surface area contributed by atoms with Crippen LogP contribution in [0, 0.1) is 6.92 Å². The van der Waals surface area contributed by atoms with Crippen molar-refractivity contribution in [2.24, 2.45) is 0 Å². The smallest absolute Gasteiger partial charge is 0.270 e. The third kappa shape index (κ3) is 4.76. The van der Waals surface area contributed by atoms with Crippen molar-refractivity contribution in [1.29, 1.82) is 0 Å². The number of aryl methyl sites for hydroxylation is 1. The molecule has 1 heterocycles. The van der Waals surface area contributed by atoms with Gasteiger partial charge in [-0.25, -0.2) is 9.97 Å². The number of nitrogens with one attached hydrogen (secondary N) is 2. The fourth-order valence-electron chi connectivity index (χ4n) is 2.57. The van der Waals surface area contributed by atoms with Gasteiger partial charge in [0.2, 0.25) is 5.95 Å². The van der Waals surface area contributed by atoms with E-state index in [4.69, 9.17) is 9.47 Å². The van der Waals surface area contributed by atoms with Crippen LogP contribution in [0.25, 0.3) is 0 Å². The fourth-order valence-corrected chi connectivity index (χ4v) is 2.57. The van der Waals surface area contributed by atoms with Crippen LogP contribution in [0.15, 0.2) is 54.7 Å². The van der Waals surface area contributed by atoms with Crippen molar-refractivity contribution in [3.05, 3.63) is 71.5 Å². The molecule has 2 N–H and O–H groups in total. The van der Waals surface area contributed by atoms with Gasteiger partial charge in [-0.05, 0) is 42.8 Å². The van der Waals surface area contributed by atoms with Gasteiger partial charge in [0.25, 0.3) is 5.91 Å². The molecule has 1 amide bonds. The van der Waals surface area contributed by atoms with E-state index in [0.29, 0.717) is 24.0 Å². The number of aromatic nitrogens is 2. The molecule has 0 atom stereocenters. The first-order valence-electron chi connectivity index (χ1n) is 8.75. The molecule has 0 saturated carbocycles. The average molecular weight is 378 g/mol. The van der Waals surface area contributed by atoms with Gasteiger partial charge in [0.15, 0.2) is 11.5 Å². The lowest BCUT2D eigenvalue weighted by atomic mass is 10.2. The summed E-state index contributed by atoms with van der Waals surface area (Å²) < 4.78 is 10.5. The molecule has 0 unspecified atom stereocenters. The zero-order chi connectivity index (χ0) is 19.9. The van der Waals surface area contributed by atoms with Gasteiger partial charge in [-0.1, -0.05) is 23.8 Å². The zero-order valence-electron chi connectivity index (χ0n) is 16.0. The quantitative estimate of drug-likeness (QED) is 0.655. The number of ether oxygens (including phenoxy) is 2. The van der Waals surface area contributed by atoms with E-state index in [1.165, 1.54) is 0 Å². The standard InChI is InChI=1S/C21H22N4O3/c1-14-4-7-16(8-5-14)24-21-22-11-10-17(25-21)20(26)23-13-15-6-9-18(27-2)19(12-15)28-3/h4-12H,13H2,1-3H3,(H,23,26)(H,22,24,25). The Kier molecular flexibility index (Phi) is 6.06. The molecule has 3 rings (SSSR count). The highest BCUT2D eigenvalue weighted by Crippen LogP contribution is 2.27. The third-order valence-electron chi connectivity index (χ3n) is 4.10. The molecule has 0 radical (unpaired) electrons. The second-order valence-corrected chi connectivity index (χ2v) is 6.13. The van der Waals surface area contributed by atoms with E-state index in [1.54, 1.807) is 32.5 Å². The Labute approximate surface area is 163 Å². The molecule has 7 heteroatoms. The number of hydrogen-bond donors (Lipinski definition) is 2. The van der Waals surface area contributed by atoms with E-state index >= 15 is 0 Å². The maximum absolute atomic E-state index is 12.5. The Morgan fingerprint density at radius 3 is 2.46 bits per heavy atom. The number of carbonyl (C=O) groups is 1. The molecular formula is C21H22N4O3. The molecule has 0 aliphatic heterocycles. The monoisotopic (exact) mass is 378 g/mol. The van der Waals surface area contributed by atoms with Crippen LogP contribution in [0.1, 0.15) is 21.6 Å². The van der Waals surface area contributed by atoms with Gasteiger partial charge in [-0.15, -0.1) is 0 Å². The molecule has 0 fully saturated rings. The molecule has 1 aromatic heterocycles. The lowest BCUT2D eigenvalue weighted by Gasteiger charge is -2.10. The van der Waals surface area contributed by atoms with E-state index in [0.717, 1.165) is 16.8 Å². The summed E-state index contributed by atoms with van der Waals surface area (Å²) >= 11 is 0. The van der Waals surface area contributed by atoms with Crippen LogP contribution in [0.4, 0.5) is 11.6 Å². The molecule has 2 aromatic carbocycles. The number of nitrogens with zero attached hydrogens (tertiary/aromatic N) is 2. The molecule has 0 aliphatic carbocycles. The van der Waals surface area contributed by atoms with E-state index in [-0.39, 0.29) is 11.6 Å². The van der Waals surface area contributed by atoms with Crippen molar-refractivity contribution >= 4 is 17.5 Å². The van der Waals surface area contributed by atoms with Crippen molar-refractivity contribution < 1.29 is 14.3 Å². The first-order valence-corrected chi connectivity index (χ1v) is 8.75. The summed E-state index contributed by atoms with van der Waals surface area (Å²) in [5, 5.41) is 5.94. The van der Waals surface area contributed by atoms with Gasteiger partial charge in [0, 0.05) is 18.4 Å². The van der Waals surface area contributed by atoms with Gasteiger partial charge in [0.05, 0.1) is 14.2 Å². The Morgan fingerprint density at radius 1 is 1.00 bits per heavy atom. The summed E-state index contributed by atoms with van der Waals surface area (Å²) in [6.45, 7) is 2.35. The van der Waals surface area contributed by atoms with E-state index in [1.807, 2.05) is 43.3 Å². The SMILES string of the molecule is COc1ccc(CNC(=O)c2ccnc(Nc3ccc(C)cc3)n2)cc1OC. The lowest BCUT2D eigenvalue weighted by Crippen LogP contribution is -2.24. The van der Waals surface area contributed by atoms with Gasteiger partial charge >= 0.3 is 0 Å². The summed E-state index contributed by atoms with van der Waals surface area (Å²) in [7, 11) is 3.15. The second kappa shape index (κ2) is 8.85. The minimum Gasteiger partial charge on any atom is -0.493 e. The first kappa shape index (κ1) is 19.2. The molecule has 0 aliphatic rings. The summed E-state index contributed by atoms with van der Waals surface area (Å²) in [5.41, 5.74) is 3.19. The predicted octanol–water partition coefficient (Wildman–Crippen LogP) is 3.48. The number of anilines is 2. The fraction of sp³-hybridized carbons (Fsp3) is 0.190. The Balaban J connectivity index is 1.65. The van der Waals surface area contributed by atoms with Crippen LogP contribution >= 0.6 is 0 Å². The minimum atomic E-state index is -0.288. The molecule has 0 bridgehead atoms. The van der Waals surface area contributed by atoms with Gasteiger partial charge in [0.1, 0.15) is 5.69 Å². The summed E-state index contributed by atoms with van der Waals surface area (Å²) in [4.78, 5) is 20.9. The summed E-state index contributed by atoms with van der Waals surface area (Å²) in [6.07, 6.45) is 1.55. The number of carbonyl (C=O) groups excluding carboxylic acids is 1. The van der Waals surface area contributed by atoms with Crippen molar-refractivity contribution in [2.45, 2.75) is 13.5 Å². The van der Waals surface area contributed by atoms with Crippen LogP contribution in [0.5, 0.6) is 11.5 Å². The lowest BCUT2D eigenvalue weighted by molar-refractivity contribution is 0.0946. The molecular weight excluding hydrogens is 356 g/mol. The number of amides is 1. The number of rotatable bonds is 7. The van der Waals surface area contributed by atoms with Crippen LogP contribution in [-0.4, -0.2) is 30.1 Å². The van der Waals surface area contributed by atoms with Gasteiger partial charge < -0.3 is 20.1 Å². The Bertz CT molecular complexity index is 958. The number of benzene rings is 2. The highest BCUT2D eigenvalue weighted by atomic mass is 16.5. The largest absolute Gasteiger partial charge is 0.493 e. The topological polar surface area (TPSA) is 85.4 Å². The third-order valence-corrected chi connectivity index (χ3v) is 4.10. The minimum absolute atomic E-state index is 0.282. The molecule has 0 saturated heterocycles. The van der Waals surface area contributed by atoms with Crippen LogP contribution in [0.3, 0.4) is 0 Å². The van der Waals surface area contributed by atoms with Crippen LogP contribution in [0.2, 0.25) is 0 Å². The first-order chi connectivity index (χ1) is 13.6. The number of methoxy groups -OCH3 is 2. The van der Waals surface area contributed by atoms with E-state index in [2.05, 4.69) is 20.6 Å². The highest BCUT2D eigenvalue weighted by Gasteiger charge is 2.10. The highest BCUT2D eigenvalue weighted by molar-refractivity contribution is 5.92. The summed E-state index contributed by atoms with van der Waals surface area (Å²) in [6, 6.07) is 14.9. The molecule has 0 spiro atoms. The van der Waals surface area contributed by atoms with Crippen molar-refractivity contribution in [1.82, 2.24) is 15.3 Å². The normalized spacial score (nSPS) is 10.2. The van der Waals surface area contributed by atoms with Crippen LogP contribution in [-0.2, 0) is 6.54 Å². The maximum Gasteiger partial charge on any atom is 0.270 e. The Hall–Kier alpha value is -3.61. The average Bonchev–Trinajstić information content (AvgIpc) is 2.73. The second-order valence-electron chi connectivity index (χ2n) is 6.13. The molecule has 28 heavy (non-hydrogen) atoms. The number of hydrogen-bond acceptors (Lipinski definition) is 6. The Morgan fingerprint density at radius 2 is 1.75 bits per heavy atom. The van der Waals surface area contributed by atoms with E-state index in [9.17, 15) is 4.79 Å². The van der Waals surface area contributed by atoms with Crippen molar-refractivity contribution in [2.75, 3.05) is 19.5 Å². The molecule has 3 aromatic rings. The predicted molar refractivity (Wildman–Crippen MR) is 107 cm³/mol. The van der Waals surface area contributed by atoms with Gasteiger partial charge in [-0.2, -0.15) is 0 Å². The molecule has 144 valence electrons.